The SMILES string of the molecule is CC(C)(C)OC(=O)CC1=N[C@@](C)(c2nc(N)ccc2F)[C@H]2CCN=[S@@]2(=O)C1(C)C.CC(C)(C)OC(=O)CC1=N[C@](C)(c2cc(N)ccc2F)[C@@H]2CCN=[S@]2(=O)C1(C)C.CC(C)(C)OC(=O)CC1=N[C@](C)(c2nc(N)ccc2F)[C@@H]2CCN=[S@]2(=O)C1(C)C. The summed E-state index contributed by atoms with van der Waals surface area (Å²) in [6.07, 6.45) is 1.11. The van der Waals surface area contributed by atoms with E-state index in [4.69, 9.17) is 46.4 Å². The van der Waals surface area contributed by atoms with Gasteiger partial charge in [-0.15, -0.1) is 0 Å². The molecule has 480 valence electrons. The number of fused-ring (bicyclic) bond motifs is 3. The summed E-state index contributed by atoms with van der Waals surface area (Å²) in [5, 5.41) is -1.53. The Morgan fingerprint density at radius 2 is 0.770 bits per heavy atom. The molecule has 2 aromatic heterocycles. The number of anilines is 3. The average molecular weight is 1270 g/mol. The predicted molar refractivity (Wildman–Crippen MR) is 338 cm³/mol. The lowest BCUT2D eigenvalue weighted by Gasteiger charge is -2.45. The van der Waals surface area contributed by atoms with E-state index in [0.29, 0.717) is 61.7 Å². The molecule has 6 aliphatic heterocycles. The fourth-order valence-corrected chi connectivity index (χ4v) is 22.2. The highest BCUT2D eigenvalue weighted by atomic mass is 32.2. The molecule has 0 amide bonds. The van der Waals surface area contributed by atoms with Gasteiger partial charge in [-0.25, -0.2) is 48.9 Å². The number of nitrogens with two attached hydrogens (primary N) is 3. The number of carbonyl (C=O) groups is 3. The highest BCUT2D eigenvalue weighted by Crippen LogP contribution is 2.52. The maximum atomic E-state index is 14.8. The zero-order valence-corrected chi connectivity index (χ0v) is 55.9. The summed E-state index contributed by atoms with van der Waals surface area (Å²) in [6.45, 7) is 33.1. The van der Waals surface area contributed by atoms with E-state index in [1.54, 1.807) is 131 Å². The fourth-order valence-electron chi connectivity index (χ4n) is 12.5. The number of rotatable bonds is 9. The van der Waals surface area contributed by atoms with Crippen molar-refractivity contribution in [3.05, 3.63) is 76.9 Å². The number of ether oxygens (including phenoxy) is 3. The first-order valence-electron chi connectivity index (χ1n) is 29.1. The lowest BCUT2D eigenvalue weighted by Crippen LogP contribution is -2.56. The quantitative estimate of drug-likeness (QED) is 0.102. The minimum absolute atomic E-state index is 0.0320. The number of halogens is 3. The minimum atomic E-state index is -2.86. The number of nitrogen functional groups attached to an aromatic ring is 3. The van der Waals surface area contributed by atoms with Crippen molar-refractivity contribution in [3.63, 3.8) is 0 Å². The van der Waals surface area contributed by atoms with Crippen LogP contribution in [0.15, 0.2) is 70.5 Å². The van der Waals surface area contributed by atoms with E-state index < -0.39 is 128 Å². The summed E-state index contributed by atoms with van der Waals surface area (Å²) in [7, 11) is -8.54. The third-order valence-corrected chi connectivity index (χ3v) is 28.1. The van der Waals surface area contributed by atoms with Crippen molar-refractivity contribution < 1.29 is 54.4 Å². The van der Waals surface area contributed by atoms with Crippen molar-refractivity contribution in [1.82, 2.24) is 9.97 Å². The molecule has 26 heteroatoms. The largest absolute Gasteiger partial charge is 0.460 e. The average Bonchev–Trinajstić information content (AvgIpc) is 1.71. The Morgan fingerprint density at radius 3 is 1.08 bits per heavy atom. The molecule has 6 N–H and O–H groups in total. The molecule has 0 saturated heterocycles. The molecular formula is C61H88F3N11O9S3. The number of hydrogen-bond donors (Lipinski definition) is 3. The van der Waals surface area contributed by atoms with Gasteiger partial charge < -0.3 is 31.4 Å². The summed E-state index contributed by atoms with van der Waals surface area (Å²) >= 11 is 0. The predicted octanol–water partition coefficient (Wildman–Crippen LogP) is 10.3. The van der Waals surface area contributed by atoms with Gasteiger partial charge in [0.05, 0.1) is 78.4 Å². The standard InChI is InChI=1S/C21H30FN3O3S.2C20H29FN4O3S/c1-19(2,3)28-18(26)12-16-20(4,5)29(27)17(9-10-24-29)21(6,25-16)14-11-13(23)7-8-15(14)22;2*1-18(2,3)28-16(26)11-13-19(4,5)29(27)14(9-10-23-29)20(6,25-13)17-12(21)7-8-15(22)24-17/h7-8,11,17H,9-10,12,23H2,1-6H3;2*7-8,14H,9-11H2,1-6H3,(H2,22,24)/t17-,21+,29+;2*14-,20-,29+/m010/s1. The molecule has 0 saturated carbocycles. The van der Waals surface area contributed by atoms with Crippen LogP contribution in [0.4, 0.5) is 30.5 Å². The number of esters is 3. The molecule has 9 atom stereocenters. The smallest absolute Gasteiger partial charge is 0.312 e. The first-order chi connectivity index (χ1) is 39.6. The first kappa shape index (κ1) is 68.5. The molecule has 9 rings (SSSR count). The second kappa shape index (κ2) is 23.1. The van der Waals surface area contributed by atoms with Crippen LogP contribution in [0.2, 0.25) is 0 Å². The van der Waals surface area contributed by atoms with Crippen LogP contribution >= 0.6 is 0 Å². The Kier molecular flexibility index (Phi) is 18.2. The summed E-state index contributed by atoms with van der Waals surface area (Å²) in [5.41, 5.74) is 13.8. The van der Waals surface area contributed by atoms with Crippen LogP contribution in [0.3, 0.4) is 0 Å². The number of nitrogens with zero attached hydrogens (tertiary/aromatic N) is 8. The molecule has 1 aromatic carbocycles. The van der Waals surface area contributed by atoms with E-state index in [-0.39, 0.29) is 47.8 Å². The summed E-state index contributed by atoms with van der Waals surface area (Å²) in [4.78, 5) is 60.5. The zero-order valence-electron chi connectivity index (χ0n) is 53.5. The first-order valence-corrected chi connectivity index (χ1v) is 33.8. The number of carbonyl (C=O) groups excluding carboxylic acids is 3. The van der Waals surface area contributed by atoms with Crippen LogP contribution in [0.1, 0.15) is 180 Å². The Morgan fingerprint density at radius 1 is 0.483 bits per heavy atom. The van der Waals surface area contributed by atoms with Crippen molar-refractivity contribution in [3.8, 4) is 0 Å². The molecule has 0 fully saturated rings. The third-order valence-electron chi connectivity index (χ3n) is 16.9. The van der Waals surface area contributed by atoms with Crippen molar-refractivity contribution in [1.29, 1.82) is 0 Å². The lowest BCUT2D eigenvalue weighted by molar-refractivity contribution is -0.154. The van der Waals surface area contributed by atoms with Crippen LogP contribution < -0.4 is 17.2 Å². The van der Waals surface area contributed by atoms with E-state index in [2.05, 4.69) is 23.1 Å². The summed E-state index contributed by atoms with van der Waals surface area (Å²) in [6, 6.07) is 9.54. The lowest BCUT2D eigenvalue weighted by atomic mass is 9.85. The number of aromatic nitrogens is 2. The molecule has 0 aliphatic carbocycles. The zero-order chi connectivity index (χ0) is 65.5. The van der Waals surface area contributed by atoms with Crippen LogP contribution in [0, 0.1) is 17.5 Å². The summed E-state index contributed by atoms with van der Waals surface area (Å²) in [5.74, 6) is -2.73. The van der Waals surface area contributed by atoms with Gasteiger partial charge in [-0.05, 0) is 186 Å². The number of aliphatic imine (C=N–C) groups is 3. The van der Waals surface area contributed by atoms with Crippen molar-refractivity contribution >= 4 is 81.6 Å². The van der Waals surface area contributed by atoms with Gasteiger partial charge in [0.25, 0.3) is 0 Å². The Labute approximate surface area is 511 Å². The van der Waals surface area contributed by atoms with Crippen LogP contribution in [0.5, 0.6) is 0 Å². The molecule has 0 unspecified atom stereocenters. The van der Waals surface area contributed by atoms with Crippen molar-refractivity contribution in [2.24, 2.45) is 28.1 Å². The Hall–Kier alpha value is -6.02. The molecule has 20 nitrogen and oxygen atoms in total. The minimum Gasteiger partial charge on any atom is -0.460 e. The highest BCUT2D eigenvalue weighted by Gasteiger charge is 2.61. The molecular weight excluding hydrogens is 1180 g/mol. The molecule has 6 aliphatic rings. The van der Waals surface area contributed by atoms with Gasteiger partial charge in [0.1, 0.15) is 73.9 Å². The van der Waals surface area contributed by atoms with E-state index in [9.17, 15) is 40.2 Å². The van der Waals surface area contributed by atoms with Crippen LogP contribution in [-0.2, 0) is 74.4 Å². The topological polar surface area (TPSA) is 308 Å². The fraction of sp³-hybridized carbons (Fsp3) is 0.639. The van der Waals surface area contributed by atoms with E-state index >= 15 is 0 Å². The van der Waals surface area contributed by atoms with Crippen molar-refractivity contribution in [2.75, 3.05) is 36.8 Å². The van der Waals surface area contributed by atoms with Crippen molar-refractivity contribution in [2.45, 2.75) is 227 Å². The van der Waals surface area contributed by atoms with Gasteiger partial charge in [-0.3, -0.25) is 29.4 Å². The Bertz CT molecular complexity index is 3400. The molecule has 87 heavy (non-hydrogen) atoms. The van der Waals surface area contributed by atoms with Gasteiger partial charge in [-0.2, -0.15) is 0 Å². The van der Waals surface area contributed by atoms with Gasteiger partial charge in [-0.1, -0.05) is 0 Å². The molecule has 3 aromatic rings. The molecule has 0 radical (unpaired) electrons. The van der Waals surface area contributed by atoms with Gasteiger partial charge in [0.2, 0.25) is 0 Å². The Balaban J connectivity index is 0.000000186. The second-order valence-electron chi connectivity index (χ2n) is 27.9. The summed E-state index contributed by atoms with van der Waals surface area (Å²) < 4.78 is 114. The maximum Gasteiger partial charge on any atom is 0.312 e. The van der Waals surface area contributed by atoms with E-state index in [0.717, 1.165) is 0 Å². The van der Waals surface area contributed by atoms with Gasteiger partial charge >= 0.3 is 17.9 Å². The van der Waals surface area contributed by atoms with E-state index in [1.807, 2.05) is 0 Å². The monoisotopic (exact) mass is 1270 g/mol. The highest BCUT2D eigenvalue weighted by molar-refractivity contribution is 7.97. The van der Waals surface area contributed by atoms with Crippen LogP contribution in [0.25, 0.3) is 0 Å². The second-order valence-corrected chi connectivity index (χ2v) is 36.9. The normalized spacial score (nSPS) is 30.9. The van der Waals surface area contributed by atoms with Crippen LogP contribution in [-0.4, -0.2) is 124 Å². The number of pyridine rings is 2. The third kappa shape index (κ3) is 12.8. The maximum absolute atomic E-state index is 14.8. The molecule has 8 heterocycles. The molecule has 0 spiro atoms. The number of hydrogen-bond acceptors (Lipinski definition) is 20. The van der Waals surface area contributed by atoms with E-state index in [1.165, 1.54) is 36.4 Å². The van der Waals surface area contributed by atoms with Gasteiger partial charge in [0.15, 0.2) is 0 Å². The van der Waals surface area contributed by atoms with Gasteiger partial charge in [0, 0.05) is 48.0 Å². The number of benzene rings is 1. The molecule has 0 bridgehead atoms.